The van der Waals surface area contributed by atoms with Crippen LogP contribution in [0.25, 0.3) is 0 Å². The fourth-order valence-corrected chi connectivity index (χ4v) is 2.52. The predicted molar refractivity (Wildman–Crippen MR) is 73.6 cm³/mol. The second-order valence-corrected chi connectivity index (χ2v) is 5.49. The van der Waals surface area contributed by atoms with Crippen LogP contribution < -0.4 is 5.32 Å². The SMILES string of the molecule is CNCCC1CCN(C(=O)CSC(F)(F)F)CC1.Cl. The van der Waals surface area contributed by atoms with Crippen molar-refractivity contribution >= 4 is 30.1 Å². The summed E-state index contributed by atoms with van der Waals surface area (Å²) in [7, 11) is 1.90. The summed E-state index contributed by atoms with van der Waals surface area (Å²) in [6.07, 6.45) is 2.85. The largest absolute Gasteiger partial charge is 0.442 e. The Bertz CT molecular complexity index is 271. The highest BCUT2D eigenvalue weighted by Crippen LogP contribution is 2.30. The summed E-state index contributed by atoms with van der Waals surface area (Å²) in [6, 6.07) is 0. The molecule has 0 radical (unpaired) electrons. The summed E-state index contributed by atoms with van der Waals surface area (Å²) in [6.45, 7) is 2.12. The second kappa shape index (κ2) is 8.92. The van der Waals surface area contributed by atoms with E-state index in [9.17, 15) is 18.0 Å². The fourth-order valence-electron chi connectivity index (χ4n) is 2.05. The minimum Gasteiger partial charge on any atom is -0.342 e. The van der Waals surface area contributed by atoms with Crippen molar-refractivity contribution < 1.29 is 18.0 Å². The molecule has 1 heterocycles. The number of hydrogen-bond acceptors (Lipinski definition) is 3. The Labute approximate surface area is 122 Å². The van der Waals surface area contributed by atoms with E-state index in [1.54, 1.807) is 4.90 Å². The van der Waals surface area contributed by atoms with E-state index in [4.69, 9.17) is 0 Å². The number of amides is 1. The van der Waals surface area contributed by atoms with E-state index in [1.807, 2.05) is 7.05 Å². The number of carbonyl (C=O) groups is 1. The van der Waals surface area contributed by atoms with Gasteiger partial charge < -0.3 is 10.2 Å². The van der Waals surface area contributed by atoms with Gasteiger partial charge in [0, 0.05) is 13.1 Å². The van der Waals surface area contributed by atoms with Gasteiger partial charge in [0.25, 0.3) is 0 Å². The number of alkyl halides is 3. The maximum Gasteiger partial charge on any atom is 0.442 e. The van der Waals surface area contributed by atoms with Crippen molar-refractivity contribution in [2.45, 2.75) is 24.8 Å². The molecule has 1 saturated heterocycles. The Hall–Kier alpha value is -0.140. The topological polar surface area (TPSA) is 32.3 Å². The zero-order valence-electron chi connectivity index (χ0n) is 10.8. The van der Waals surface area contributed by atoms with Crippen LogP contribution in [0.2, 0.25) is 0 Å². The highest BCUT2D eigenvalue weighted by Gasteiger charge is 2.31. The monoisotopic (exact) mass is 320 g/mol. The zero-order valence-corrected chi connectivity index (χ0v) is 12.5. The molecular formula is C11H20ClF3N2OS. The Balaban J connectivity index is 0.00000324. The van der Waals surface area contributed by atoms with E-state index in [-0.39, 0.29) is 24.2 Å². The molecule has 1 N–H and O–H groups in total. The molecule has 1 aliphatic rings. The van der Waals surface area contributed by atoms with Gasteiger partial charge in [0.15, 0.2) is 0 Å². The lowest BCUT2D eigenvalue weighted by atomic mass is 9.93. The fraction of sp³-hybridized carbons (Fsp3) is 0.909. The molecule has 3 nitrogen and oxygen atoms in total. The zero-order chi connectivity index (χ0) is 13.6. The number of likely N-dealkylation sites (tertiary alicyclic amines) is 1. The van der Waals surface area contributed by atoms with Crippen molar-refractivity contribution in [2.75, 3.05) is 32.4 Å². The average Bonchev–Trinajstić information content (AvgIpc) is 2.33. The average molecular weight is 321 g/mol. The highest BCUT2D eigenvalue weighted by atomic mass is 35.5. The molecular weight excluding hydrogens is 301 g/mol. The number of halogens is 4. The van der Waals surface area contributed by atoms with Gasteiger partial charge in [-0.2, -0.15) is 13.2 Å². The lowest BCUT2D eigenvalue weighted by molar-refractivity contribution is -0.130. The maximum atomic E-state index is 12.0. The van der Waals surface area contributed by atoms with Gasteiger partial charge in [0.2, 0.25) is 5.91 Å². The van der Waals surface area contributed by atoms with Crippen LogP contribution in [-0.4, -0.2) is 48.8 Å². The second-order valence-electron chi connectivity index (χ2n) is 4.45. The van der Waals surface area contributed by atoms with Gasteiger partial charge in [-0.05, 0) is 50.5 Å². The number of rotatable bonds is 5. The van der Waals surface area contributed by atoms with Crippen LogP contribution in [0, 0.1) is 5.92 Å². The number of thioether (sulfide) groups is 1. The summed E-state index contributed by atoms with van der Waals surface area (Å²) in [5.41, 5.74) is -4.32. The van der Waals surface area contributed by atoms with Gasteiger partial charge in [-0.15, -0.1) is 12.4 Å². The Morgan fingerprint density at radius 3 is 2.42 bits per heavy atom. The van der Waals surface area contributed by atoms with Crippen molar-refractivity contribution in [3.63, 3.8) is 0 Å². The van der Waals surface area contributed by atoms with E-state index < -0.39 is 17.2 Å². The first kappa shape index (κ1) is 18.9. The van der Waals surface area contributed by atoms with Gasteiger partial charge >= 0.3 is 5.51 Å². The van der Waals surface area contributed by atoms with Crippen molar-refractivity contribution in [1.82, 2.24) is 10.2 Å². The summed E-state index contributed by atoms with van der Waals surface area (Å²) < 4.78 is 35.9. The van der Waals surface area contributed by atoms with Crippen LogP contribution in [-0.2, 0) is 4.79 Å². The lowest BCUT2D eigenvalue weighted by Gasteiger charge is -2.32. The van der Waals surface area contributed by atoms with Crippen LogP contribution in [0.1, 0.15) is 19.3 Å². The van der Waals surface area contributed by atoms with E-state index >= 15 is 0 Å². The first-order valence-corrected chi connectivity index (χ1v) is 7.04. The third-order valence-corrected chi connectivity index (χ3v) is 3.85. The summed E-state index contributed by atoms with van der Waals surface area (Å²) in [5, 5.41) is 3.08. The molecule has 114 valence electrons. The van der Waals surface area contributed by atoms with E-state index in [1.165, 1.54) is 0 Å². The molecule has 0 aromatic rings. The van der Waals surface area contributed by atoms with Crippen LogP contribution in [0.3, 0.4) is 0 Å². The molecule has 0 saturated carbocycles. The number of hydrogen-bond donors (Lipinski definition) is 1. The van der Waals surface area contributed by atoms with Crippen LogP contribution >= 0.6 is 24.2 Å². The predicted octanol–water partition coefficient (Wildman–Crippen LogP) is 2.51. The van der Waals surface area contributed by atoms with Gasteiger partial charge in [0.1, 0.15) is 0 Å². The van der Waals surface area contributed by atoms with Crippen molar-refractivity contribution in [3.05, 3.63) is 0 Å². The molecule has 8 heteroatoms. The number of piperidine rings is 1. The number of nitrogens with zero attached hydrogens (tertiary/aromatic N) is 1. The number of nitrogens with one attached hydrogen (secondary N) is 1. The van der Waals surface area contributed by atoms with Crippen LogP contribution in [0.4, 0.5) is 13.2 Å². The Morgan fingerprint density at radius 1 is 1.37 bits per heavy atom. The Morgan fingerprint density at radius 2 is 1.95 bits per heavy atom. The quantitative estimate of drug-likeness (QED) is 0.845. The molecule has 0 aliphatic carbocycles. The van der Waals surface area contributed by atoms with Gasteiger partial charge in [-0.1, -0.05) is 0 Å². The Kier molecular flexibility index (Phi) is 8.85. The first-order chi connectivity index (χ1) is 8.42. The standard InChI is InChI=1S/C11H19F3N2OS.ClH/c1-15-5-2-9-3-6-16(7-4-9)10(17)8-18-11(12,13)14;/h9,15H,2-8H2,1H3;1H. The molecule has 0 atom stereocenters. The smallest absolute Gasteiger partial charge is 0.342 e. The lowest BCUT2D eigenvalue weighted by Crippen LogP contribution is -2.40. The molecule has 0 spiro atoms. The minimum atomic E-state index is -4.32. The van der Waals surface area contributed by atoms with Crippen LogP contribution in [0.5, 0.6) is 0 Å². The first-order valence-electron chi connectivity index (χ1n) is 6.05. The molecule has 0 aromatic carbocycles. The summed E-state index contributed by atoms with van der Waals surface area (Å²) in [4.78, 5) is 13.1. The maximum absolute atomic E-state index is 12.0. The van der Waals surface area contributed by atoms with E-state index in [0.29, 0.717) is 19.0 Å². The molecule has 0 aromatic heterocycles. The van der Waals surface area contributed by atoms with Crippen LogP contribution in [0.15, 0.2) is 0 Å². The third kappa shape index (κ3) is 7.89. The molecule has 19 heavy (non-hydrogen) atoms. The normalized spacial score (nSPS) is 17.2. The van der Waals surface area contributed by atoms with Crippen molar-refractivity contribution in [2.24, 2.45) is 5.92 Å². The highest BCUT2D eigenvalue weighted by molar-refractivity contribution is 8.00. The van der Waals surface area contributed by atoms with E-state index in [2.05, 4.69) is 5.32 Å². The third-order valence-electron chi connectivity index (χ3n) is 3.13. The molecule has 1 aliphatic heterocycles. The molecule has 0 unspecified atom stereocenters. The molecule has 0 bridgehead atoms. The molecule has 1 rings (SSSR count). The molecule has 1 fully saturated rings. The number of carbonyl (C=O) groups excluding carboxylic acids is 1. The van der Waals surface area contributed by atoms with Gasteiger partial charge in [0.05, 0.1) is 5.75 Å². The van der Waals surface area contributed by atoms with Crippen molar-refractivity contribution in [3.8, 4) is 0 Å². The van der Waals surface area contributed by atoms with E-state index in [0.717, 1.165) is 25.8 Å². The van der Waals surface area contributed by atoms with Gasteiger partial charge in [-0.25, -0.2) is 0 Å². The van der Waals surface area contributed by atoms with Gasteiger partial charge in [-0.3, -0.25) is 4.79 Å². The molecule has 1 amide bonds. The minimum absolute atomic E-state index is 0. The summed E-state index contributed by atoms with van der Waals surface area (Å²) in [5.74, 6) is -0.314. The van der Waals surface area contributed by atoms with Crippen molar-refractivity contribution in [1.29, 1.82) is 0 Å². The summed E-state index contributed by atoms with van der Waals surface area (Å²) >= 11 is -0.251.